The fourth-order valence-electron chi connectivity index (χ4n) is 3.60. The van der Waals surface area contributed by atoms with Crippen LogP contribution >= 0.6 is 0 Å². The molecule has 8 heteroatoms. The van der Waals surface area contributed by atoms with Crippen LogP contribution in [0.4, 0.5) is 0 Å². The van der Waals surface area contributed by atoms with E-state index in [-0.39, 0.29) is 29.7 Å². The number of nitrogens with zero attached hydrogens (tertiary/aromatic N) is 2. The molecule has 0 bridgehead atoms. The molecule has 0 unspecified atom stereocenters. The van der Waals surface area contributed by atoms with Crippen molar-refractivity contribution in [2.24, 2.45) is 5.92 Å². The lowest BCUT2D eigenvalue weighted by atomic mass is 9.76. The summed E-state index contributed by atoms with van der Waals surface area (Å²) in [5, 5.41) is 20.2. The number of benzene rings is 1. The minimum Gasteiger partial charge on any atom is -0.437 e. The molecule has 0 spiro atoms. The zero-order chi connectivity index (χ0) is 21.2. The molecule has 3 rings (SSSR count). The standard InChI is InChI=1S/C21H27BN2O5/c1-5-6-15(21(3,4)26)9-17(25)16-10-24-19(11-23-16)29-18-8-7-14-12-28-22(27)20(14)13(18)2/h7-8,10-11,15,26-27H,5-6,9,12H2,1-4H3/t15-/m0/s1. The third-order valence-corrected chi connectivity index (χ3v) is 5.40. The number of carbonyl (C=O) groups excluding carboxylic acids is 1. The van der Waals surface area contributed by atoms with Crippen LogP contribution in [0.25, 0.3) is 0 Å². The molecule has 0 radical (unpaired) electrons. The number of ether oxygens (including phenoxy) is 1. The average Bonchev–Trinajstić information content (AvgIpc) is 3.05. The molecule has 0 saturated carbocycles. The molecule has 2 heterocycles. The molecule has 1 aromatic heterocycles. The number of hydrogen-bond acceptors (Lipinski definition) is 7. The zero-order valence-electron chi connectivity index (χ0n) is 17.3. The Morgan fingerprint density at radius 1 is 1.34 bits per heavy atom. The Balaban J connectivity index is 1.71. The van der Waals surface area contributed by atoms with Crippen LogP contribution in [0, 0.1) is 12.8 Å². The van der Waals surface area contributed by atoms with Gasteiger partial charge in [0.15, 0.2) is 5.78 Å². The highest BCUT2D eigenvalue weighted by Gasteiger charge is 2.31. The molecule has 0 amide bonds. The van der Waals surface area contributed by atoms with Crippen molar-refractivity contribution in [2.45, 2.75) is 59.2 Å². The number of aliphatic hydroxyl groups is 1. The topological polar surface area (TPSA) is 102 Å². The zero-order valence-corrected chi connectivity index (χ0v) is 17.3. The predicted octanol–water partition coefficient (Wildman–Crippen LogP) is 2.56. The molecule has 29 heavy (non-hydrogen) atoms. The van der Waals surface area contributed by atoms with Crippen molar-refractivity contribution < 1.29 is 24.3 Å². The quantitative estimate of drug-likeness (QED) is 0.521. The summed E-state index contributed by atoms with van der Waals surface area (Å²) < 4.78 is 11.0. The molecule has 154 valence electrons. The summed E-state index contributed by atoms with van der Waals surface area (Å²) in [7, 11) is -0.952. The molecule has 1 atom stereocenters. The SMILES string of the molecule is CCC[C@@H](CC(=O)c1cnc(Oc2ccc3c(c2C)B(O)OC3)cn1)C(C)(C)O. The first-order chi connectivity index (χ1) is 13.7. The van der Waals surface area contributed by atoms with E-state index in [2.05, 4.69) is 9.97 Å². The number of rotatable bonds is 8. The second-order valence-electron chi connectivity index (χ2n) is 8.03. The van der Waals surface area contributed by atoms with Crippen LogP contribution < -0.4 is 10.2 Å². The van der Waals surface area contributed by atoms with Crippen molar-refractivity contribution in [1.29, 1.82) is 0 Å². The highest BCUT2D eigenvalue weighted by molar-refractivity contribution is 6.62. The van der Waals surface area contributed by atoms with Gasteiger partial charge < -0.3 is 19.5 Å². The summed E-state index contributed by atoms with van der Waals surface area (Å²) >= 11 is 0. The number of carbonyl (C=O) groups is 1. The number of Topliss-reactive ketones (excluding diaryl/α,β-unsaturated/α-hetero) is 1. The molecule has 0 saturated heterocycles. The molecule has 2 N–H and O–H groups in total. The minimum atomic E-state index is -0.952. The van der Waals surface area contributed by atoms with Gasteiger partial charge in [0.2, 0.25) is 5.88 Å². The number of fused-ring (bicyclic) bond motifs is 1. The number of ketones is 1. The van der Waals surface area contributed by atoms with E-state index < -0.39 is 12.7 Å². The monoisotopic (exact) mass is 398 g/mol. The van der Waals surface area contributed by atoms with Crippen molar-refractivity contribution in [3.05, 3.63) is 41.3 Å². The molecule has 1 aliphatic heterocycles. The Morgan fingerprint density at radius 2 is 2.10 bits per heavy atom. The van der Waals surface area contributed by atoms with E-state index in [1.54, 1.807) is 19.9 Å². The first-order valence-corrected chi connectivity index (χ1v) is 9.88. The lowest BCUT2D eigenvalue weighted by molar-refractivity contribution is 0.00981. The number of aromatic nitrogens is 2. The molecule has 0 aliphatic carbocycles. The Kier molecular flexibility index (Phi) is 6.36. The second kappa shape index (κ2) is 8.61. The first kappa shape index (κ1) is 21.4. The smallest absolute Gasteiger partial charge is 0.437 e. The summed E-state index contributed by atoms with van der Waals surface area (Å²) in [5.74, 6) is 0.511. The van der Waals surface area contributed by atoms with Gasteiger partial charge in [-0.2, -0.15) is 0 Å². The summed E-state index contributed by atoms with van der Waals surface area (Å²) in [6.07, 6.45) is 4.67. The summed E-state index contributed by atoms with van der Waals surface area (Å²) in [5.41, 5.74) is 1.75. The summed E-state index contributed by atoms with van der Waals surface area (Å²) in [6, 6.07) is 3.65. The highest BCUT2D eigenvalue weighted by Crippen LogP contribution is 2.28. The third kappa shape index (κ3) is 4.83. The summed E-state index contributed by atoms with van der Waals surface area (Å²) in [6.45, 7) is 7.70. The molecule has 2 aromatic rings. The molecule has 7 nitrogen and oxygen atoms in total. The van der Waals surface area contributed by atoms with Crippen LogP contribution in [-0.2, 0) is 11.3 Å². The van der Waals surface area contributed by atoms with Crippen molar-refractivity contribution >= 4 is 18.4 Å². The van der Waals surface area contributed by atoms with Crippen LogP contribution in [0.1, 0.15) is 61.6 Å². The van der Waals surface area contributed by atoms with Crippen molar-refractivity contribution in [2.75, 3.05) is 0 Å². The van der Waals surface area contributed by atoms with Crippen LogP contribution in [0.15, 0.2) is 24.5 Å². The first-order valence-electron chi connectivity index (χ1n) is 9.88. The van der Waals surface area contributed by atoms with Gasteiger partial charge in [-0.3, -0.25) is 4.79 Å². The lowest BCUT2D eigenvalue weighted by Crippen LogP contribution is -2.32. The Hall–Kier alpha value is -2.29. The van der Waals surface area contributed by atoms with Gasteiger partial charge >= 0.3 is 7.12 Å². The molecular weight excluding hydrogens is 371 g/mol. The third-order valence-electron chi connectivity index (χ3n) is 5.40. The van der Waals surface area contributed by atoms with Gasteiger partial charge in [0.05, 0.1) is 24.6 Å². The predicted molar refractivity (Wildman–Crippen MR) is 109 cm³/mol. The van der Waals surface area contributed by atoms with E-state index in [0.29, 0.717) is 12.4 Å². The largest absolute Gasteiger partial charge is 0.492 e. The van der Waals surface area contributed by atoms with E-state index in [4.69, 9.17) is 9.39 Å². The van der Waals surface area contributed by atoms with Crippen molar-refractivity contribution in [3.8, 4) is 11.6 Å². The van der Waals surface area contributed by atoms with Gasteiger partial charge in [0.1, 0.15) is 11.4 Å². The van der Waals surface area contributed by atoms with Crippen molar-refractivity contribution in [1.82, 2.24) is 9.97 Å². The van der Waals surface area contributed by atoms with E-state index in [1.807, 2.05) is 19.9 Å². The van der Waals surface area contributed by atoms with Crippen LogP contribution in [0.3, 0.4) is 0 Å². The van der Waals surface area contributed by atoms with E-state index in [0.717, 1.165) is 29.4 Å². The maximum absolute atomic E-state index is 12.6. The second-order valence-corrected chi connectivity index (χ2v) is 8.03. The van der Waals surface area contributed by atoms with Gasteiger partial charge in [-0.05, 0) is 55.8 Å². The van der Waals surface area contributed by atoms with Gasteiger partial charge in [-0.1, -0.05) is 19.4 Å². The van der Waals surface area contributed by atoms with Gasteiger partial charge in [0, 0.05) is 6.42 Å². The lowest BCUT2D eigenvalue weighted by Gasteiger charge is -2.28. The van der Waals surface area contributed by atoms with Crippen LogP contribution in [-0.4, -0.2) is 38.6 Å². The van der Waals surface area contributed by atoms with Gasteiger partial charge in [-0.25, -0.2) is 9.97 Å². The molecule has 1 aliphatic rings. The fourth-order valence-corrected chi connectivity index (χ4v) is 3.60. The summed E-state index contributed by atoms with van der Waals surface area (Å²) in [4.78, 5) is 21.0. The van der Waals surface area contributed by atoms with Gasteiger partial charge in [0.25, 0.3) is 0 Å². The fraction of sp³-hybridized carbons (Fsp3) is 0.476. The van der Waals surface area contributed by atoms with E-state index >= 15 is 0 Å². The Morgan fingerprint density at radius 3 is 2.72 bits per heavy atom. The minimum absolute atomic E-state index is 0.138. The normalized spacial score (nSPS) is 14.6. The highest BCUT2D eigenvalue weighted by atomic mass is 16.5. The number of hydrogen-bond donors (Lipinski definition) is 2. The molecule has 0 fully saturated rings. The average molecular weight is 398 g/mol. The molecular formula is C21H27BN2O5. The van der Waals surface area contributed by atoms with Gasteiger partial charge in [-0.15, -0.1) is 0 Å². The van der Waals surface area contributed by atoms with E-state index in [1.165, 1.54) is 12.4 Å². The maximum atomic E-state index is 12.6. The Bertz CT molecular complexity index is 880. The maximum Gasteiger partial charge on any atom is 0.492 e. The van der Waals surface area contributed by atoms with E-state index in [9.17, 15) is 14.9 Å². The Labute approximate surface area is 171 Å². The van der Waals surface area contributed by atoms with Crippen LogP contribution in [0.5, 0.6) is 11.6 Å². The van der Waals surface area contributed by atoms with Crippen LogP contribution in [0.2, 0.25) is 0 Å². The van der Waals surface area contributed by atoms with Crippen molar-refractivity contribution in [3.63, 3.8) is 0 Å². The molecule has 1 aromatic carbocycles.